The number of aromatic amines is 1. The van der Waals surface area contributed by atoms with Gasteiger partial charge in [0, 0.05) is 17.5 Å². The average Bonchev–Trinajstić information content (AvgIpc) is 3.53. The highest BCUT2D eigenvalue weighted by Crippen LogP contribution is 2.48. The minimum absolute atomic E-state index is 0.0113. The van der Waals surface area contributed by atoms with E-state index < -0.39 is 17.5 Å². The summed E-state index contributed by atoms with van der Waals surface area (Å²) in [5.41, 5.74) is -0.0761. The molecule has 0 spiro atoms. The van der Waals surface area contributed by atoms with Gasteiger partial charge in [-0.05, 0) is 61.6 Å². The molecule has 178 valence electrons. The van der Waals surface area contributed by atoms with Crippen LogP contribution >= 0.6 is 0 Å². The molecule has 6 nitrogen and oxygen atoms in total. The van der Waals surface area contributed by atoms with Gasteiger partial charge >= 0.3 is 0 Å². The highest BCUT2D eigenvalue weighted by atomic mass is 19.1. The second-order valence-electron chi connectivity index (χ2n) is 9.52. The van der Waals surface area contributed by atoms with E-state index in [1.54, 1.807) is 12.1 Å². The number of nitrogens with zero attached hydrogens (tertiary/aromatic N) is 3. The van der Waals surface area contributed by atoms with E-state index in [1.807, 2.05) is 0 Å². The smallest absolute Gasteiger partial charge is 0.228 e. The van der Waals surface area contributed by atoms with Crippen LogP contribution < -0.4 is 5.32 Å². The number of anilines is 1. The van der Waals surface area contributed by atoms with Crippen LogP contribution in [0.15, 0.2) is 34.9 Å². The van der Waals surface area contributed by atoms with Gasteiger partial charge in [0.25, 0.3) is 0 Å². The third-order valence-electron chi connectivity index (χ3n) is 7.74. The fourth-order valence-electron chi connectivity index (χ4n) is 5.96. The number of rotatable bonds is 4. The maximum absolute atomic E-state index is 16.0. The number of pyridine rings is 1. The monoisotopic (exact) mass is 477 g/mol. The Morgan fingerprint density at radius 1 is 1.14 bits per heavy atom. The van der Waals surface area contributed by atoms with Crippen LogP contribution in [0.1, 0.15) is 32.6 Å². The van der Waals surface area contributed by atoms with E-state index in [4.69, 9.17) is 11.0 Å². The van der Waals surface area contributed by atoms with E-state index in [9.17, 15) is 8.78 Å². The zero-order chi connectivity index (χ0) is 24.3. The quantitative estimate of drug-likeness (QED) is 0.308. The second kappa shape index (κ2) is 8.15. The molecule has 2 atom stereocenters. The van der Waals surface area contributed by atoms with Gasteiger partial charge in [-0.1, -0.05) is 6.92 Å². The lowest BCUT2D eigenvalue weighted by molar-refractivity contribution is 0.0926. The Morgan fingerprint density at radius 2 is 1.91 bits per heavy atom. The molecule has 4 aromatic rings. The first kappa shape index (κ1) is 21.7. The maximum Gasteiger partial charge on any atom is 0.228 e. The van der Waals surface area contributed by atoms with E-state index in [-0.39, 0.29) is 51.2 Å². The normalized spacial score (nSPS) is 23.5. The van der Waals surface area contributed by atoms with Crippen molar-refractivity contribution in [2.75, 3.05) is 5.32 Å². The van der Waals surface area contributed by atoms with Gasteiger partial charge in [0.15, 0.2) is 17.5 Å². The molecule has 1 aromatic carbocycles. The lowest BCUT2D eigenvalue weighted by Crippen LogP contribution is -2.47. The van der Waals surface area contributed by atoms with Crippen molar-refractivity contribution in [3.05, 3.63) is 59.4 Å². The minimum Gasteiger partial charge on any atom is -0.466 e. The molecule has 3 saturated carbocycles. The predicted octanol–water partition coefficient (Wildman–Crippen LogP) is 7.09. The molecule has 0 unspecified atom stereocenters. The van der Waals surface area contributed by atoms with Crippen LogP contribution in [0.3, 0.4) is 0 Å². The Morgan fingerprint density at radius 3 is 2.60 bits per heavy atom. The number of hydrogen-bond acceptors (Lipinski definition) is 4. The predicted molar refractivity (Wildman–Crippen MR) is 125 cm³/mol. The fraction of sp³-hybridized carbons (Fsp3) is 0.346. The number of halogens is 3. The van der Waals surface area contributed by atoms with Gasteiger partial charge in [-0.15, -0.1) is 0 Å². The summed E-state index contributed by atoms with van der Waals surface area (Å²) in [6.07, 6.45) is 5.91. The zero-order valence-electron chi connectivity index (χ0n) is 18.9. The van der Waals surface area contributed by atoms with E-state index in [2.05, 4.69) is 32.3 Å². The standard InChI is InChI=1S/C26H22F3N5O/c1-12-13-5-7-14(8-6-13)21(12)31-26-20(29)19(18-4-3-9-35-18)24(30-2)25(32-26)23-16-10-15(27)11-17(28)22(16)33-34-23/h3-4,9-14,21H,5-8H2,1H3,(H,31,32)(H,33,34)/t12-,13?,14?,21+/m0/s1. The van der Waals surface area contributed by atoms with Crippen LogP contribution in [-0.2, 0) is 0 Å². The summed E-state index contributed by atoms with van der Waals surface area (Å²) < 4.78 is 49.9. The molecular weight excluding hydrogens is 455 g/mol. The number of fused-ring (bicyclic) bond motifs is 4. The first-order valence-electron chi connectivity index (χ1n) is 11.7. The first-order chi connectivity index (χ1) is 17.0. The minimum atomic E-state index is -0.842. The van der Waals surface area contributed by atoms with Crippen LogP contribution in [0.5, 0.6) is 0 Å². The fourth-order valence-corrected chi connectivity index (χ4v) is 5.96. The molecule has 0 aliphatic heterocycles. The van der Waals surface area contributed by atoms with Gasteiger partial charge in [0.1, 0.15) is 17.1 Å². The van der Waals surface area contributed by atoms with Crippen LogP contribution in [0.2, 0.25) is 0 Å². The largest absolute Gasteiger partial charge is 0.466 e. The topological polar surface area (TPSA) is 71.1 Å². The van der Waals surface area contributed by atoms with Crippen molar-refractivity contribution in [2.24, 2.45) is 17.8 Å². The number of H-pyrrole nitrogens is 1. The summed E-state index contributed by atoms with van der Waals surface area (Å²) in [6, 6.07) is 5.07. The van der Waals surface area contributed by atoms with Gasteiger partial charge in [0.2, 0.25) is 5.69 Å². The van der Waals surface area contributed by atoms with Crippen LogP contribution in [0.4, 0.5) is 24.7 Å². The summed E-state index contributed by atoms with van der Waals surface area (Å²) >= 11 is 0. The van der Waals surface area contributed by atoms with Crippen molar-refractivity contribution in [1.82, 2.24) is 15.2 Å². The van der Waals surface area contributed by atoms with Crippen molar-refractivity contribution in [1.29, 1.82) is 0 Å². The van der Waals surface area contributed by atoms with Crippen molar-refractivity contribution in [3.63, 3.8) is 0 Å². The molecule has 0 amide bonds. The Hall–Kier alpha value is -3.80. The SMILES string of the molecule is [C-]#[N+]c1c(-c2[nH]nc3c(F)cc(F)cc23)nc(N[C@H]2C3CCC(CC3)[C@@H]2C)c(F)c1-c1ccco1. The van der Waals surface area contributed by atoms with Crippen molar-refractivity contribution in [3.8, 4) is 22.7 Å². The number of aromatic nitrogens is 3. The van der Waals surface area contributed by atoms with Crippen LogP contribution in [0.25, 0.3) is 38.5 Å². The Kier molecular flexibility index (Phi) is 5.06. The lowest BCUT2D eigenvalue weighted by atomic mass is 9.62. The molecule has 35 heavy (non-hydrogen) atoms. The number of hydrogen-bond donors (Lipinski definition) is 2. The summed E-state index contributed by atoms with van der Waals surface area (Å²) in [6.45, 7) is 10.00. The highest BCUT2D eigenvalue weighted by Gasteiger charge is 2.42. The number of benzene rings is 1. The molecule has 3 aromatic heterocycles. The van der Waals surface area contributed by atoms with Gasteiger partial charge in [-0.2, -0.15) is 5.10 Å². The lowest BCUT2D eigenvalue weighted by Gasteiger charge is -2.47. The molecule has 3 aliphatic rings. The molecule has 2 N–H and O–H groups in total. The molecular formula is C26H22F3N5O. The van der Waals surface area contributed by atoms with Crippen molar-refractivity contribution in [2.45, 2.75) is 38.6 Å². The Bertz CT molecular complexity index is 1460. The van der Waals surface area contributed by atoms with Gasteiger partial charge in [0.05, 0.1) is 29.8 Å². The Balaban J connectivity index is 1.57. The van der Waals surface area contributed by atoms with E-state index in [0.29, 0.717) is 17.8 Å². The van der Waals surface area contributed by atoms with Gasteiger partial charge < -0.3 is 9.73 Å². The van der Waals surface area contributed by atoms with Crippen LogP contribution in [0, 0.1) is 41.8 Å². The summed E-state index contributed by atoms with van der Waals surface area (Å²) in [4.78, 5) is 8.08. The second-order valence-corrected chi connectivity index (χ2v) is 9.52. The van der Waals surface area contributed by atoms with Gasteiger partial charge in [-0.25, -0.2) is 23.0 Å². The molecule has 3 fully saturated rings. The maximum atomic E-state index is 16.0. The first-order valence-corrected chi connectivity index (χ1v) is 11.7. The molecule has 9 heteroatoms. The average molecular weight is 477 g/mol. The zero-order valence-corrected chi connectivity index (χ0v) is 18.9. The van der Waals surface area contributed by atoms with Crippen molar-refractivity contribution < 1.29 is 17.6 Å². The molecule has 7 rings (SSSR count). The van der Waals surface area contributed by atoms with E-state index in [1.165, 1.54) is 19.1 Å². The van der Waals surface area contributed by atoms with E-state index >= 15 is 4.39 Å². The Labute approximate surface area is 199 Å². The molecule has 3 heterocycles. The number of furan rings is 1. The van der Waals surface area contributed by atoms with Crippen LogP contribution in [-0.4, -0.2) is 21.2 Å². The highest BCUT2D eigenvalue weighted by molar-refractivity contribution is 5.99. The molecule has 0 radical (unpaired) electrons. The summed E-state index contributed by atoms with van der Waals surface area (Å²) in [5.74, 6) is -0.840. The molecule has 2 bridgehead atoms. The summed E-state index contributed by atoms with van der Waals surface area (Å²) in [5, 5.41) is 10.1. The third kappa shape index (κ3) is 3.39. The number of nitrogens with one attached hydrogen (secondary N) is 2. The van der Waals surface area contributed by atoms with Gasteiger partial charge in [-0.3, -0.25) is 5.10 Å². The molecule has 0 saturated heterocycles. The van der Waals surface area contributed by atoms with E-state index in [0.717, 1.165) is 25.0 Å². The molecule has 3 aliphatic carbocycles. The summed E-state index contributed by atoms with van der Waals surface area (Å²) in [7, 11) is 0. The third-order valence-corrected chi connectivity index (χ3v) is 7.74. The van der Waals surface area contributed by atoms with Crippen molar-refractivity contribution >= 4 is 22.4 Å².